The van der Waals surface area contributed by atoms with E-state index in [0.717, 1.165) is 49.8 Å². The molecule has 4 nitrogen and oxygen atoms in total. The van der Waals surface area contributed by atoms with Gasteiger partial charge in [0, 0.05) is 11.7 Å². The van der Waals surface area contributed by atoms with Gasteiger partial charge in [0.2, 0.25) is 0 Å². The van der Waals surface area contributed by atoms with Gasteiger partial charge in [0.15, 0.2) is 0 Å². The van der Waals surface area contributed by atoms with Gasteiger partial charge in [-0.2, -0.15) is 0 Å². The molecular weight excluding hydrogens is 240 g/mol. The van der Waals surface area contributed by atoms with E-state index in [2.05, 4.69) is 10.3 Å². The number of aromatic amines is 1. The minimum Gasteiger partial charge on any atom is -0.349 e. The quantitative estimate of drug-likeness (QED) is 0.853. The number of pyridine rings is 1. The maximum Gasteiger partial charge on any atom is 0.261 e. The molecule has 1 amide bonds. The Morgan fingerprint density at radius 1 is 1.16 bits per heavy atom. The van der Waals surface area contributed by atoms with Gasteiger partial charge in [0.1, 0.15) is 5.56 Å². The number of rotatable bonds is 2. The highest BCUT2D eigenvalue weighted by atomic mass is 16.2. The predicted molar refractivity (Wildman–Crippen MR) is 73.4 cm³/mol. The standard InChI is InChI=1S/C15H20N2O2/c18-14(16-11-6-2-3-7-11)12-9-10-5-1-4-8-13(10)17-15(12)19/h9,11H,1-8H2,(H,16,18)(H,17,19). The number of H-pyrrole nitrogens is 1. The van der Waals surface area contributed by atoms with E-state index in [9.17, 15) is 9.59 Å². The molecule has 102 valence electrons. The number of nitrogens with one attached hydrogen (secondary N) is 2. The van der Waals surface area contributed by atoms with Crippen molar-refractivity contribution in [1.82, 2.24) is 10.3 Å². The van der Waals surface area contributed by atoms with Gasteiger partial charge in [-0.15, -0.1) is 0 Å². The van der Waals surface area contributed by atoms with Gasteiger partial charge in [-0.25, -0.2) is 0 Å². The lowest BCUT2D eigenvalue weighted by atomic mass is 9.95. The summed E-state index contributed by atoms with van der Waals surface area (Å²) in [6, 6.07) is 2.06. The molecule has 1 fully saturated rings. The Kier molecular flexibility index (Phi) is 3.40. The topological polar surface area (TPSA) is 62.0 Å². The molecule has 0 saturated heterocycles. The maximum absolute atomic E-state index is 12.2. The van der Waals surface area contributed by atoms with Crippen molar-refractivity contribution in [3.63, 3.8) is 0 Å². The van der Waals surface area contributed by atoms with Crippen LogP contribution in [0.25, 0.3) is 0 Å². The lowest BCUT2D eigenvalue weighted by Gasteiger charge is -2.17. The molecule has 19 heavy (non-hydrogen) atoms. The molecule has 2 aliphatic carbocycles. The van der Waals surface area contributed by atoms with E-state index in [-0.39, 0.29) is 23.1 Å². The van der Waals surface area contributed by atoms with E-state index in [4.69, 9.17) is 0 Å². The Morgan fingerprint density at radius 3 is 2.68 bits per heavy atom. The zero-order chi connectivity index (χ0) is 13.2. The summed E-state index contributed by atoms with van der Waals surface area (Å²) < 4.78 is 0. The van der Waals surface area contributed by atoms with Crippen LogP contribution in [0.4, 0.5) is 0 Å². The normalized spacial score (nSPS) is 19.2. The van der Waals surface area contributed by atoms with Crippen LogP contribution in [0.1, 0.15) is 60.1 Å². The third-order valence-electron chi connectivity index (χ3n) is 4.27. The molecule has 0 unspecified atom stereocenters. The summed E-state index contributed by atoms with van der Waals surface area (Å²) in [6.07, 6.45) is 8.57. The maximum atomic E-state index is 12.2. The second-order valence-electron chi connectivity index (χ2n) is 5.68. The van der Waals surface area contributed by atoms with Gasteiger partial charge in [-0.05, 0) is 50.2 Å². The second-order valence-corrected chi connectivity index (χ2v) is 5.68. The van der Waals surface area contributed by atoms with Crippen molar-refractivity contribution < 1.29 is 4.79 Å². The molecule has 0 bridgehead atoms. The highest BCUT2D eigenvalue weighted by Crippen LogP contribution is 2.20. The number of carbonyl (C=O) groups is 1. The number of hydrogen-bond acceptors (Lipinski definition) is 2. The SMILES string of the molecule is O=C(NC1CCCC1)c1cc2c([nH]c1=O)CCCC2. The van der Waals surface area contributed by atoms with Crippen LogP contribution in [0.5, 0.6) is 0 Å². The van der Waals surface area contributed by atoms with Crippen LogP contribution in [0.2, 0.25) is 0 Å². The molecule has 2 aliphatic rings. The molecule has 0 spiro atoms. The summed E-state index contributed by atoms with van der Waals surface area (Å²) in [6.45, 7) is 0. The largest absolute Gasteiger partial charge is 0.349 e. The van der Waals surface area contributed by atoms with Crippen LogP contribution in [0.3, 0.4) is 0 Å². The predicted octanol–water partition coefficient (Wildman–Crippen LogP) is 1.93. The molecule has 0 aromatic carbocycles. The van der Waals surface area contributed by atoms with Crippen LogP contribution < -0.4 is 10.9 Å². The average Bonchev–Trinajstić information content (AvgIpc) is 2.90. The van der Waals surface area contributed by atoms with Crippen LogP contribution >= 0.6 is 0 Å². The number of amides is 1. The second kappa shape index (κ2) is 5.19. The first-order chi connectivity index (χ1) is 9.24. The van der Waals surface area contributed by atoms with Crippen LogP contribution in [-0.2, 0) is 12.8 Å². The van der Waals surface area contributed by atoms with E-state index in [0.29, 0.717) is 0 Å². The Hall–Kier alpha value is -1.58. The summed E-state index contributed by atoms with van der Waals surface area (Å²) in [7, 11) is 0. The fraction of sp³-hybridized carbons (Fsp3) is 0.600. The van der Waals surface area contributed by atoms with Crippen molar-refractivity contribution in [1.29, 1.82) is 0 Å². The molecule has 0 aliphatic heterocycles. The molecule has 0 atom stereocenters. The fourth-order valence-corrected chi connectivity index (χ4v) is 3.18. The number of aromatic nitrogens is 1. The molecule has 1 aromatic heterocycles. The third-order valence-corrected chi connectivity index (χ3v) is 4.27. The van der Waals surface area contributed by atoms with Gasteiger partial charge in [-0.1, -0.05) is 12.8 Å². The summed E-state index contributed by atoms with van der Waals surface area (Å²) in [5.74, 6) is -0.207. The van der Waals surface area contributed by atoms with Gasteiger partial charge in [0.05, 0.1) is 0 Å². The van der Waals surface area contributed by atoms with E-state index >= 15 is 0 Å². The Morgan fingerprint density at radius 2 is 1.89 bits per heavy atom. The summed E-state index contributed by atoms with van der Waals surface area (Å²) >= 11 is 0. The number of fused-ring (bicyclic) bond motifs is 1. The summed E-state index contributed by atoms with van der Waals surface area (Å²) in [5.41, 5.74) is 2.21. The minimum atomic E-state index is -0.240. The van der Waals surface area contributed by atoms with Crippen molar-refractivity contribution in [3.05, 3.63) is 33.2 Å². The Labute approximate surface area is 112 Å². The minimum absolute atomic E-state index is 0.207. The third kappa shape index (κ3) is 2.57. The van der Waals surface area contributed by atoms with Crippen LogP contribution in [0, 0.1) is 0 Å². The van der Waals surface area contributed by atoms with Gasteiger partial charge < -0.3 is 10.3 Å². The van der Waals surface area contributed by atoms with Crippen LogP contribution in [0.15, 0.2) is 10.9 Å². The van der Waals surface area contributed by atoms with Gasteiger partial charge in [-0.3, -0.25) is 9.59 Å². The molecule has 1 saturated carbocycles. The van der Waals surface area contributed by atoms with Crippen molar-refractivity contribution >= 4 is 5.91 Å². The Bertz CT molecular complexity index is 542. The molecule has 2 N–H and O–H groups in total. The van der Waals surface area contributed by atoms with Crippen molar-refractivity contribution in [2.45, 2.75) is 57.4 Å². The summed E-state index contributed by atoms with van der Waals surface area (Å²) in [4.78, 5) is 27.1. The lowest BCUT2D eigenvalue weighted by molar-refractivity contribution is 0.0936. The molecule has 1 heterocycles. The monoisotopic (exact) mass is 260 g/mol. The molecule has 1 aromatic rings. The number of aryl methyl sites for hydroxylation is 2. The molecule has 4 heteroatoms. The van der Waals surface area contributed by atoms with Crippen molar-refractivity contribution in [2.24, 2.45) is 0 Å². The first kappa shape index (κ1) is 12.5. The van der Waals surface area contributed by atoms with Crippen molar-refractivity contribution in [3.8, 4) is 0 Å². The van der Waals surface area contributed by atoms with Crippen molar-refractivity contribution in [2.75, 3.05) is 0 Å². The average molecular weight is 260 g/mol. The van der Waals surface area contributed by atoms with Gasteiger partial charge in [0.25, 0.3) is 11.5 Å². The van der Waals surface area contributed by atoms with E-state index in [1.54, 1.807) is 6.07 Å². The number of hydrogen-bond donors (Lipinski definition) is 2. The first-order valence-electron chi connectivity index (χ1n) is 7.30. The molecule has 3 rings (SSSR count). The number of carbonyl (C=O) groups excluding carboxylic acids is 1. The molecular formula is C15H20N2O2. The van der Waals surface area contributed by atoms with E-state index in [1.165, 1.54) is 12.8 Å². The zero-order valence-corrected chi connectivity index (χ0v) is 11.1. The van der Waals surface area contributed by atoms with Crippen LogP contribution in [-0.4, -0.2) is 16.9 Å². The zero-order valence-electron chi connectivity index (χ0n) is 11.1. The fourth-order valence-electron chi connectivity index (χ4n) is 3.18. The lowest BCUT2D eigenvalue weighted by Crippen LogP contribution is -2.36. The van der Waals surface area contributed by atoms with E-state index in [1.807, 2.05) is 0 Å². The molecule has 0 radical (unpaired) electrons. The van der Waals surface area contributed by atoms with E-state index < -0.39 is 0 Å². The van der Waals surface area contributed by atoms with Gasteiger partial charge >= 0.3 is 0 Å². The highest BCUT2D eigenvalue weighted by Gasteiger charge is 2.21. The Balaban J connectivity index is 1.83. The highest BCUT2D eigenvalue weighted by molar-refractivity contribution is 5.94. The first-order valence-corrected chi connectivity index (χ1v) is 7.30. The summed E-state index contributed by atoms with van der Waals surface area (Å²) in [5, 5.41) is 2.98. The smallest absolute Gasteiger partial charge is 0.261 e.